The van der Waals surface area contributed by atoms with Crippen LogP contribution in [-0.4, -0.2) is 29.1 Å². The minimum Gasteiger partial charge on any atom is -0.289 e. The Bertz CT molecular complexity index is 680. The first-order valence-corrected chi connectivity index (χ1v) is 9.14. The third-order valence-corrected chi connectivity index (χ3v) is 5.42. The van der Waals surface area contributed by atoms with Crippen molar-refractivity contribution in [2.45, 2.75) is 19.1 Å². The Kier molecular flexibility index (Phi) is 4.95. The molecule has 0 radical (unpaired) electrons. The number of amides is 1. The first kappa shape index (κ1) is 15.3. The van der Waals surface area contributed by atoms with E-state index in [-0.39, 0.29) is 5.91 Å². The number of rotatable bonds is 4. The lowest BCUT2D eigenvalue weighted by molar-refractivity contribution is -0.126. The Morgan fingerprint density at radius 3 is 3.05 bits per heavy atom. The Labute approximate surface area is 139 Å². The number of nitrogens with zero attached hydrogens (tertiary/aromatic N) is 2. The number of carbonyl (C=O) groups is 1. The Hall–Kier alpha value is -1.59. The molecular weight excluding hydrogens is 312 g/mol. The molecule has 3 rings (SSSR count). The fourth-order valence-electron chi connectivity index (χ4n) is 2.39. The maximum Gasteiger partial charge on any atom is 0.233 e. The van der Waals surface area contributed by atoms with Crippen LogP contribution >= 0.6 is 23.1 Å². The number of aliphatic imine (C=N–C) groups is 1. The number of thioether (sulfide) groups is 1. The lowest BCUT2D eigenvalue weighted by Gasteiger charge is -2.17. The highest BCUT2D eigenvalue weighted by atomic mass is 32.2. The van der Waals surface area contributed by atoms with Crippen LogP contribution in [0.2, 0.25) is 0 Å². The smallest absolute Gasteiger partial charge is 0.233 e. The summed E-state index contributed by atoms with van der Waals surface area (Å²) in [4.78, 5) is 19.9. The zero-order valence-electron chi connectivity index (χ0n) is 12.5. The van der Waals surface area contributed by atoms with E-state index in [4.69, 9.17) is 0 Å². The lowest BCUT2D eigenvalue weighted by Crippen LogP contribution is -2.33. The molecule has 0 saturated carbocycles. The van der Waals surface area contributed by atoms with Gasteiger partial charge in [0.25, 0.3) is 0 Å². The van der Waals surface area contributed by atoms with Gasteiger partial charge in [-0.05, 0) is 23.9 Å². The minimum atomic E-state index is 0.149. The van der Waals surface area contributed by atoms with Gasteiger partial charge in [-0.15, -0.1) is 11.3 Å². The number of carbonyl (C=O) groups excluding carboxylic acids is 1. The first-order valence-electron chi connectivity index (χ1n) is 7.28. The summed E-state index contributed by atoms with van der Waals surface area (Å²) in [6.45, 7) is 3.52. The second-order valence-corrected chi connectivity index (χ2v) is 7.22. The van der Waals surface area contributed by atoms with E-state index in [1.165, 1.54) is 11.1 Å². The van der Waals surface area contributed by atoms with Crippen molar-refractivity contribution in [1.82, 2.24) is 4.90 Å². The molecule has 0 spiro atoms. The zero-order chi connectivity index (χ0) is 15.4. The van der Waals surface area contributed by atoms with Crippen LogP contribution in [-0.2, 0) is 17.0 Å². The van der Waals surface area contributed by atoms with Crippen molar-refractivity contribution < 1.29 is 4.79 Å². The highest BCUT2D eigenvalue weighted by molar-refractivity contribution is 8.13. The van der Waals surface area contributed by atoms with Gasteiger partial charge in [0.15, 0.2) is 5.17 Å². The van der Waals surface area contributed by atoms with Gasteiger partial charge < -0.3 is 0 Å². The predicted molar refractivity (Wildman–Crippen MR) is 94.5 cm³/mol. The van der Waals surface area contributed by atoms with Gasteiger partial charge in [0.1, 0.15) is 0 Å². The first-order chi connectivity index (χ1) is 10.7. The fraction of sp³-hybridized carbons (Fsp3) is 0.294. The molecule has 114 valence electrons. The van der Waals surface area contributed by atoms with Gasteiger partial charge in [-0.3, -0.25) is 14.7 Å². The number of hydrogen-bond acceptors (Lipinski definition) is 4. The maximum atomic E-state index is 12.4. The largest absolute Gasteiger partial charge is 0.289 e. The van der Waals surface area contributed by atoms with Crippen molar-refractivity contribution >= 4 is 34.2 Å². The third kappa shape index (κ3) is 3.78. The molecule has 22 heavy (non-hydrogen) atoms. The zero-order valence-corrected chi connectivity index (χ0v) is 14.1. The van der Waals surface area contributed by atoms with Crippen LogP contribution in [0.4, 0.5) is 0 Å². The highest BCUT2D eigenvalue weighted by Gasteiger charge is 2.24. The molecule has 3 nitrogen and oxygen atoms in total. The number of aryl methyl sites for hydroxylation is 1. The van der Waals surface area contributed by atoms with Crippen molar-refractivity contribution in [2.24, 2.45) is 4.99 Å². The maximum absolute atomic E-state index is 12.4. The average Bonchev–Trinajstić information content (AvgIpc) is 3.16. The molecule has 0 atom stereocenters. The average molecular weight is 330 g/mol. The molecule has 2 heterocycles. The molecule has 1 aliphatic heterocycles. The van der Waals surface area contributed by atoms with E-state index in [1.54, 1.807) is 23.1 Å². The summed E-state index contributed by atoms with van der Waals surface area (Å²) in [5, 5.41) is 2.87. The number of thiophene rings is 1. The Balaban J connectivity index is 1.59. The van der Waals surface area contributed by atoms with E-state index in [0.29, 0.717) is 19.5 Å². The lowest BCUT2D eigenvalue weighted by atomic mass is 10.2. The Morgan fingerprint density at radius 2 is 2.27 bits per heavy atom. The monoisotopic (exact) mass is 330 g/mol. The summed E-state index contributed by atoms with van der Waals surface area (Å²) < 4.78 is 0. The van der Waals surface area contributed by atoms with Crippen LogP contribution in [0.25, 0.3) is 0 Å². The third-order valence-electron chi connectivity index (χ3n) is 3.46. The molecule has 2 aromatic rings. The molecule has 0 fully saturated rings. The summed E-state index contributed by atoms with van der Waals surface area (Å²) in [5.41, 5.74) is 2.53. The SMILES string of the molecule is Cc1cccc(CSC2=NCCN2C(=O)Cc2cccs2)c1. The minimum absolute atomic E-state index is 0.149. The van der Waals surface area contributed by atoms with Crippen LogP contribution in [0.3, 0.4) is 0 Å². The van der Waals surface area contributed by atoms with Crippen molar-refractivity contribution in [2.75, 3.05) is 13.1 Å². The van der Waals surface area contributed by atoms with E-state index in [9.17, 15) is 4.79 Å². The topological polar surface area (TPSA) is 32.7 Å². The second kappa shape index (κ2) is 7.11. The summed E-state index contributed by atoms with van der Waals surface area (Å²) in [6.07, 6.45) is 0.474. The van der Waals surface area contributed by atoms with Crippen molar-refractivity contribution in [1.29, 1.82) is 0 Å². The summed E-state index contributed by atoms with van der Waals surface area (Å²) in [5.74, 6) is 0.999. The summed E-state index contributed by atoms with van der Waals surface area (Å²) >= 11 is 3.28. The summed E-state index contributed by atoms with van der Waals surface area (Å²) in [7, 11) is 0. The van der Waals surface area contributed by atoms with Crippen LogP contribution < -0.4 is 0 Å². The molecule has 0 bridgehead atoms. The summed E-state index contributed by atoms with van der Waals surface area (Å²) in [6, 6.07) is 12.5. The van der Waals surface area contributed by atoms with Gasteiger partial charge in [0.05, 0.1) is 13.0 Å². The van der Waals surface area contributed by atoms with Gasteiger partial charge >= 0.3 is 0 Å². The van der Waals surface area contributed by atoms with Crippen LogP contribution in [0.15, 0.2) is 46.8 Å². The van der Waals surface area contributed by atoms with E-state index in [2.05, 4.69) is 36.2 Å². The molecule has 1 aromatic carbocycles. The fourth-order valence-corrected chi connectivity index (χ4v) is 4.09. The number of benzene rings is 1. The molecule has 5 heteroatoms. The van der Waals surface area contributed by atoms with Gasteiger partial charge in [-0.25, -0.2) is 0 Å². The van der Waals surface area contributed by atoms with Gasteiger partial charge in [0.2, 0.25) is 5.91 Å². The molecule has 0 saturated heterocycles. The van der Waals surface area contributed by atoms with Gasteiger partial charge in [0, 0.05) is 17.2 Å². The quantitative estimate of drug-likeness (QED) is 0.856. The van der Waals surface area contributed by atoms with E-state index < -0.39 is 0 Å². The van der Waals surface area contributed by atoms with Crippen LogP contribution in [0.1, 0.15) is 16.0 Å². The van der Waals surface area contributed by atoms with Gasteiger partial charge in [-0.1, -0.05) is 47.7 Å². The van der Waals surface area contributed by atoms with E-state index in [1.807, 2.05) is 22.4 Å². The predicted octanol–water partition coefficient (Wildman–Crippen LogP) is 3.73. The second-order valence-electron chi connectivity index (χ2n) is 5.24. The number of amidine groups is 1. The standard InChI is InChI=1S/C17H18N2OS2/c1-13-4-2-5-14(10-13)12-22-17-18-7-8-19(17)16(20)11-15-6-3-9-21-15/h2-6,9-10H,7-8,11-12H2,1H3. The van der Waals surface area contributed by atoms with Crippen molar-refractivity contribution in [3.63, 3.8) is 0 Å². The van der Waals surface area contributed by atoms with Gasteiger partial charge in [-0.2, -0.15) is 0 Å². The molecule has 1 aromatic heterocycles. The normalized spacial score (nSPS) is 14.2. The van der Waals surface area contributed by atoms with Crippen molar-refractivity contribution in [3.05, 3.63) is 57.8 Å². The molecule has 1 aliphatic rings. The molecular formula is C17H18N2OS2. The molecule has 0 unspecified atom stereocenters. The number of hydrogen-bond donors (Lipinski definition) is 0. The van der Waals surface area contributed by atoms with Crippen LogP contribution in [0, 0.1) is 6.92 Å². The van der Waals surface area contributed by atoms with E-state index >= 15 is 0 Å². The van der Waals surface area contributed by atoms with E-state index in [0.717, 1.165) is 15.8 Å². The molecule has 1 amide bonds. The molecule has 0 N–H and O–H groups in total. The highest BCUT2D eigenvalue weighted by Crippen LogP contribution is 2.21. The van der Waals surface area contributed by atoms with Crippen LogP contribution in [0.5, 0.6) is 0 Å². The Morgan fingerprint density at radius 1 is 1.36 bits per heavy atom. The van der Waals surface area contributed by atoms with Crippen molar-refractivity contribution in [3.8, 4) is 0 Å². The molecule has 0 aliphatic carbocycles.